The third kappa shape index (κ3) is 2.43. The molecule has 106 valence electrons. The van der Waals surface area contributed by atoms with E-state index in [4.69, 9.17) is 21.9 Å². The first-order valence-corrected chi connectivity index (χ1v) is 6.62. The Hall–Kier alpha value is -2.53. The van der Waals surface area contributed by atoms with Crippen LogP contribution in [0.3, 0.4) is 0 Å². The molecule has 0 radical (unpaired) electrons. The molecule has 2 heterocycles. The van der Waals surface area contributed by atoms with Crippen LogP contribution in [-0.4, -0.2) is 9.72 Å². The number of benzene rings is 1. The van der Waals surface area contributed by atoms with Crippen LogP contribution in [0.2, 0.25) is 5.02 Å². The molecule has 3 rings (SSSR count). The van der Waals surface area contributed by atoms with Gasteiger partial charge in [-0.1, -0.05) is 28.9 Å². The number of hydrogen-bond acceptors (Lipinski definition) is 4. The van der Waals surface area contributed by atoms with Crippen LogP contribution in [0.5, 0.6) is 0 Å². The molecule has 0 saturated carbocycles. The van der Waals surface area contributed by atoms with Crippen LogP contribution in [0.15, 0.2) is 51.9 Å². The molecule has 3 aromatic rings. The molecular formula is C15H12ClN3O2. The van der Waals surface area contributed by atoms with Crippen LogP contribution in [-0.2, 0) is 7.05 Å². The zero-order chi connectivity index (χ0) is 15.0. The Bertz CT molecular complexity index is 867. The lowest BCUT2D eigenvalue weighted by molar-refractivity contribution is 0.439. The van der Waals surface area contributed by atoms with Crippen molar-refractivity contribution in [2.24, 2.45) is 7.05 Å². The Labute approximate surface area is 125 Å². The minimum atomic E-state index is -0.133. The minimum Gasteiger partial charge on any atom is -0.367 e. The molecule has 1 aromatic carbocycles. The van der Waals surface area contributed by atoms with Gasteiger partial charge in [-0.15, -0.1) is 0 Å². The van der Waals surface area contributed by atoms with E-state index in [2.05, 4.69) is 5.16 Å². The van der Waals surface area contributed by atoms with Crippen molar-refractivity contribution in [3.63, 3.8) is 0 Å². The molecule has 21 heavy (non-hydrogen) atoms. The summed E-state index contributed by atoms with van der Waals surface area (Å²) in [6.45, 7) is 0. The molecule has 0 fully saturated rings. The fourth-order valence-corrected chi connectivity index (χ4v) is 2.31. The second-order valence-corrected chi connectivity index (χ2v) is 5.08. The lowest BCUT2D eigenvalue weighted by atomic mass is 10.0. The summed E-state index contributed by atoms with van der Waals surface area (Å²) >= 11 is 6.01. The van der Waals surface area contributed by atoms with Crippen LogP contribution in [0.4, 0.5) is 5.88 Å². The predicted octanol–water partition coefficient (Wildman–Crippen LogP) is 2.94. The van der Waals surface area contributed by atoms with Crippen LogP contribution in [0.25, 0.3) is 22.4 Å². The molecule has 0 saturated heterocycles. The monoisotopic (exact) mass is 301 g/mol. The number of nitrogen functional groups attached to an aromatic ring is 1. The van der Waals surface area contributed by atoms with E-state index in [1.54, 1.807) is 31.4 Å². The van der Waals surface area contributed by atoms with Crippen molar-refractivity contribution in [1.29, 1.82) is 0 Å². The van der Waals surface area contributed by atoms with Crippen molar-refractivity contribution >= 4 is 17.5 Å². The van der Waals surface area contributed by atoms with Crippen LogP contribution < -0.4 is 11.3 Å². The smallest absolute Gasteiger partial charge is 0.250 e. The van der Waals surface area contributed by atoms with Gasteiger partial charge < -0.3 is 14.8 Å². The van der Waals surface area contributed by atoms with Gasteiger partial charge >= 0.3 is 0 Å². The van der Waals surface area contributed by atoms with Crippen molar-refractivity contribution < 1.29 is 4.52 Å². The average molecular weight is 302 g/mol. The van der Waals surface area contributed by atoms with Gasteiger partial charge in [-0.3, -0.25) is 4.79 Å². The number of aryl methyl sites for hydroxylation is 1. The molecule has 2 N–H and O–H groups in total. The number of nitrogens with zero attached hydrogens (tertiary/aromatic N) is 2. The third-order valence-electron chi connectivity index (χ3n) is 3.21. The number of aromatic nitrogens is 2. The van der Waals surface area contributed by atoms with E-state index in [0.717, 1.165) is 5.56 Å². The molecule has 2 aromatic heterocycles. The highest BCUT2D eigenvalue weighted by molar-refractivity contribution is 6.30. The van der Waals surface area contributed by atoms with Crippen LogP contribution in [0.1, 0.15) is 0 Å². The standard InChI is InChI=1S/C15H12ClN3O2/c1-19-6-5-10(8-12(19)20)14-13(15(17)21-18-14)9-3-2-4-11(16)7-9/h2-8H,17H2,1H3. The second kappa shape index (κ2) is 5.10. The number of halogens is 1. The molecule has 5 nitrogen and oxygen atoms in total. The van der Waals surface area contributed by atoms with Gasteiger partial charge in [0.25, 0.3) is 5.56 Å². The summed E-state index contributed by atoms with van der Waals surface area (Å²) in [5.74, 6) is 0.188. The molecule has 0 aliphatic rings. The Morgan fingerprint density at radius 1 is 1.24 bits per heavy atom. The van der Waals surface area contributed by atoms with Crippen molar-refractivity contribution in [2.45, 2.75) is 0 Å². The van der Waals surface area contributed by atoms with Crippen molar-refractivity contribution in [3.05, 3.63) is 58.0 Å². The zero-order valence-corrected chi connectivity index (χ0v) is 12.0. The van der Waals surface area contributed by atoms with Crippen molar-refractivity contribution in [1.82, 2.24) is 9.72 Å². The second-order valence-electron chi connectivity index (χ2n) is 4.65. The number of nitrogens with two attached hydrogens (primary N) is 1. The Balaban J connectivity index is 2.21. The van der Waals surface area contributed by atoms with E-state index < -0.39 is 0 Å². The summed E-state index contributed by atoms with van der Waals surface area (Å²) in [5.41, 5.74) is 8.33. The third-order valence-corrected chi connectivity index (χ3v) is 3.44. The zero-order valence-electron chi connectivity index (χ0n) is 11.2. The van der Waals surface area contributed by atoms with E-state index in [0.29, 0.717) is 21.8 Å². The van der Waals surface area contributed by atoms with Crippen molar-refractivity contribution in [3.8, 4) is 22.4 Å². The van der Waals surface area contributed by atoms with E-state index in [-0.39, 0.29) is 11.4 Å². The van der Waals surface area contributed by atoms with E-state index in [9.17, 15) is 4.79 Å². The Morgan fingerprint density at radius 2 is 2.05 bits per heavy atom. The molecule has 6 heteroatoms. The summed E-state index contributed by atoms with van der Waals surface area (Å²) in [7, 11) is 1.68. The lowest BCUT2D eigenvalue weighted by Gasteiger charge is -2.04. The van der Waals surface area contributed by atoms with Crippen molar-refractivity contribution in [2.75, 3.05) is 5.73 Å². The topological polar surface area (TPSA) is 74.1 Å². The Morgan fingerprint density at radius 3 is 2.76 bits per heavy atom. The van der Waals surface area contributed by atoms with Crippen LogP contribution >= 0.6 is 11.6 Å². The molecule has 0 aliphatic heterocycles. The number of pyridine rings is 1. The highest BCUT2D eigenvalue weighted by Gasteiger charge is 2.18. The summed E-state index contributed by atoms with van der Waals surface area (Å²) in [6.07, 6.45) is 1.67. The normalized spacial score (nSPS) is 10.8. The van der Waals surface area contributed by atoms with Gasteiger partial charge in [0.05, 0.1) is 5.56 Å². The fraction of sp³-hybridized carbons (Fsp3) is 0.0667. The maximum Gasteiger partial charge on any atom is 0.250 e. The quantitative estimate of drug-likeness (QED) is 0.789. The molecule has 0 bridgehead atoms. The largest absolute Gasteiger partial charge is 0.367 e. The summed E-state index contributed by atoms with van der Waals surface area (Å²) in [5, 5.41) is 4.56. The highest BCUT2D eigenvalue weighted by Crippen LogP contribution is 2.36. The average Bonchev–Trinajstić information content (AvgIpc) is 2.84. The van der Waals surface area contributed by atoms with Gasteiger partial charge in [0.2, 0.25) is 5.88 Å². The first kappa shape index (κ1) is 13.5. The number of hydrogen-bond donors (Lipinski definition) is 1. The maximum atomic E-state index is 11.8. The van der Waals surface area contributed by atoms with Gasteiger partial charge in [-0.25, -0.2) is 0 Å². The summed E-state index contributed by atoms with van der Waals surface area (Å²) in [6, 6.07) is 10.5. The number of rotatable bonds is 2. The van der Waals surface area contributed by atoms with Gasteiger partial charge in [-0.2, -0.15) is 0 Å². The van der Waals surface area contributed by atoms with E-state index in [1.165, 1.54) is 10.6 Å². The fourth-order valence-electron chi connectivity index (χ4n) is 2.12. The summed E-state index contributed by atoms with van der Waals surface area (Å²) < 4.78 is 6.57. The molecule has 0 amide bonds. The van der Waals surface area contributed by atoms with Gasteiger partial charge in [0, 0.05) is 29.9 Å². The minimum absolute atomic E-state index is 0.133. The van der Waals surface area contributed by atoms with Gasteiger partial charge in [0.15, 0.2) is 0 Å². The summed E-state index contributed by atoms with van der Waals surface area (Å²) in [4.78, 5) is 11.8. The lowest BCUT2D eigenvalue weighted by Crippen LogP contribution is -2.14. The number of anilines is 1. The van der Waals surface area contributed by atoms with E-state index in [1.807, 2.05) is 12.1 Å². The van der Waals surface area contributed by atoms with Gasteiger partial charge in [-0.05, 0) is 23.8 Å². The maximum absolute atomic E-state index is 11.8. The first-order chi connectivity index (χ1) is 10.1. The Kier molecular flexibility index (Phi) is 3.27. The molecule has 0 atom stereocenters. The van der Waals surface area contributed by atoms with E-state index >= 15 is 0 Å². The first-order valence-electron chi connectivity index (χ1n) is 6.24. The molecule has 0 spiro atoms. The molecule has 0 unspecified atom stereocenters. The predicted molar refractivity (Wildman–Crippen MR) is 82.0 cm³/mol. The molecule has 0 aliphatic carbocycles. The SMILES string of the molecule is Cn1ccc(-c2noc(N)c2-c2cccc(Cl)c2)cc1=O. The highest BCUT2D eigenvalue weighted by atomic mass is 35.5. The van der Waals surface area contributed by atoms with Crippen LogP contribution in [0, 0.1) is 0 Å². The van der Waals surface area contributed by atoms with Gasteiger partial charge in [0.1, 0.15) is 5.69 Å². The molecular weight excluding hydrogens is 290 g/mol.